The van der Waals surface area contributed by atoms with Crippen molar-refractivity contribution in [1.82, 2.24) is 5.32 Å². The lowest BCUT2D eigenvalue weighted by molar-refractivity contribution is 0.378. The Morgan fingerprint density at radius 2 is 2.00 bits per heavy atom. The number of fused-ring (bicyclic) bond motifs is 2. The highest BCUT2D eigenvalue weighted by atomic mass is 35.5. The quantitative estimate of drug-likeness (QED) is 0.861. The van der Waals surface area contributed by atoms with Crippen LogP contribution < -0.4 is 10.6 Å². The van der Waals surface area contributed by atoms with Crippen LogP contribution in [0.3, 0.4) is 0 Å². The summed E-state index contributed by atoms with van der Waals surface area (Å²) in [6, 6.07) is 9.36. The van der Waals surface area contributed by atoms with E-state index in [1.807, 2.05) is 12.1 Å². The van der Waals surface area contributed by atoms with E-state index in [-0.39, 0.29) is 0 Å². The smallest absolute Gasteiger partial charge is 0.0992 e. The van der Waals surface area contributed by atoms with Gasteiger partial charge in [-0.1, -0.05) is 11.6 Å². The number of piperidine rings is 1. The topological polar surface area (TPSA) is 47.9 Å². The van der Waals surface area contributed by atoms with Gasteiger partial charge in [-0.25, -0.2) is 0 Å². The van der Waals surface area contributed by atoms with Crippen LogP contribution in [0.2, 0.25) is 5.02 Å². The van der Waals surface area contributed by atoms with E-state index in [2.05, 4.69) is 16.7 Å². The number of anilines is 1. The molecule has 2 N–H and O–H groups in total. The van der Waals surface area contributed by atoms with Gasteiger partial charge >= 0.3 is 0 Å². The molecule has 0 aliphatic carbocycles. The molecular formula is C14H16ClN3. The Balaban J connectivity index is 1.71. The highest BCUT2D eigenvalue weighted by molar-refractivity contribution is 6.33. The Kier molecular flexibility index (Phi) is 3.15. The fourth-order valence-corrected chi connectivity index (χ4v) is 3.33. The molecule has 4 heteroatoms. The largest absolute Gasteiger partial charge is 0.381 e. The number of nitrogens with one attached hydrogen (secondary N) is 2. The third-order valence-electron chi connectivity index (χ3n) is 3.93. The Morgan fingerprint density at radius 1 is 1.28 bits per heavy atom. The van der Waals surface area contributed by atoms with Gasteiger partial charge in [0.2, 0.25) is 0 Å². The average Bonchev–Trinajstić information content (AvgIpc) is 2.71. The first-order valence-electron chi connectivity index (χ1n) is 6.47. The van der Waals surface area contributed by atoms with Crippen molar-refractivity contribution in [2.45, 2.75) is 43.8 Å². The SMILES string of the molecule is N#Cc1ccc(NC2CC3CCC(C2)N3)c(Cl)c1. The number of nitrogens with zero attached hydrogens (tertiary/aromatic N) is 1. The highest BCUT2D eigenvalue weighted by Crippen LogP contribution is 2.31. The third-order valence-corrected chi connectivity index (χ3v) is 4.24. The first-order valence-corrected chi connectivity index (χ1v) is 6.84. The molecule has 2 atom stereocenters. The lowest BCUT2D eigenvalue weighted by Gasteiger charge is -2.30. The van der Waals surface area contributed by atoms with E-state index in [9.17, 15) is 0 Å². The second-order valence-electron chi connectivity index (χ2n) is 5.26. The van der Waals surface area contributed by atoms with Gasteiger partial charge in [-0.3, -0.25) is 0 Å². The molecule has 3 nitrogen and oxygen atoms in total. The van der Waals surface area contributed by atoms with Crippen LogP contribution >= 0.6 is 11.6 Å². The van der Waals surface area contributed by atoms with Crippen LogP contribution in [-0.2, 0) is 0 Å². The Morgan fingerprint density at radius 3 is 2.61 bits per heavy atom. The van der Waals surface area contributed by atoms with E-state index in [0.717, 1.165) is 18.5 Å². The predicted octanol–water partition coefficient (Wildman–Crippen LogP) is 2.91. The molecule has 94 valence electrons. The van der Waals surface area contributed by atoms with Crippen LogP contribution in [0.25, 0.3) is 0 Å². The predicted molar refractivity (Wildman–Crippen MR) is 72.8 cm³/mol. The summed E-state index contributed by atoms with van der Waals surface area (Å²) in [5.41, 5.74) is 1.55. The lowest BCUT2D eigenvalue weighted by atomic mass is 9.99. The van der Waals surface area contributed by atoms with Crippen molar-refractivity contribution >= 4 is 17.3 Å². The Hall–Kier alpha value is -1.24. The van der Waals surface area contributed by atoms with Gasteiger partial charge in [0, 0.05) is 18.1 Å². The maximum Gasteiger partial charge on any atom is 0.0992 e. The van der Waals surface area contributed by atoms with Gasteiger partial charge in [0.05, 0.1) is 22.3 Å². The summed E-state index contributed by atoms with van der Waals surface area (Å²) in [4.78, 5) is 0. The Bertz CT molecular complexity index is 482. The molecule has 18 heavy (non-hydrogen) atoms. The van der Waals surface area contributed by atoms with Crippen LogP contribution in [0.4, 0.5) is 5.69 Å². The molecule has 2 unspecified atom stereocenters. The van der Waals surface area contributed by atoms with Crippen molar-refractivity contribution in [3.8, 4) is 6.07 Å². The summed E-state index contributed by atoms with van der Waals surface area (Å²) in [6.45, 7) is 0. The molecule has 0 aromatic heterocycles. The highest BCUT2D eigenvalue weighted by Gasteiger charge is 2.33. The molecule has 2 bridgehead atoms. The van der Waals surface area contributed by atoms with Crippen molar-refractivity contribution in [2.24, 2.45) is 0 Å². The molecule has 2 saturated heterocycles. The van der Waals surface area contributed by atoms with Crippen molar-refractivity contribution in [2.75, 3.05) is 5.32 Å². The minimum Gasteiger partial charge on any atom is -0.381 e. The van der Waals surface area contributed by atoms with Crippen molar-refractivity contribution < 1.29 is 0 Å². The van der Waals surface area contributed by atoms with Crippen LogP contribution in [-0.4, -0.2) is 18.1 Å². The van der Waals surface area contributed by atoms with Crippen molar-refractivity contribution in [3.63, 3.8) is 0 Å². The van der Waals surface area contributed by atoms with Crippen molar-refractivity contribution in [1.29, 1.82) is 5.26 Å². The zero-order valence-corrected chi connectivity index (χ0v) is 10.9. The molecule has 2 aliphatic heterocycles. The summed E-state index contributed by atoms with van der Waals surface area (Å²) < 4.78 is 0. The van der Waals surface area contributed by atoms with Crippen LogP contribution in [0.1, 0.15) is 31.2 Å². The second-order valence-corrected chi connectivity index (χ2v) is 5.66. The first-order chi connectivity index (χ1) is 8.74. The van der Waals surface area contributed by atoms with E-state index >= 15 is 0 Å². The zero-order valence-electron chi connectivity index (χ0n) is 10.1. The van der Waals surface area contributed by atoms with E-state index in [1.54, 1.807) is 6.07 Å². The van der Waals surface area contributed by atoms with Gasteiger partial charge in [-0.05, 0) is 43.9 Å². The molecule has 2 fully saturated rings. The van der Waals surface area contributed by atoms with Gasteiger partial charge in [0.1, 0.15) is 0 Å². The van der Waals surface area contributed by atoms with Gasteiger partial charge in [0.25, 0.3) is 0 Å². The molecule has 1 aromatic rings. The van der Waals surface area contributed by atoms with Crippen LogP contribution in [0.15, 0.2) is 18.2 Å². The van der Waals surface area contributed by atoms with Crippen molar-refractivity contribution in [3.05, 3.63) is 28.8 Å². The van der Waals surface area contributed by atoms with Gasteiger partial charge in [-0.2, -0.15) is 5.26 Å². The van der Waals surface area contributed by atoms with E-state index < -0.39 is 0 Å². The third kappa shape index (κ3) is 2.31. The number of benzene rings is 1. The van der Waals surface area contributed by atoms with E-state index in [0.29, 0.717) is 28.7 Å². The second kappa shape index (κ2) is 4.79. The van der Waals surface area contributed by atoms with E-state index in [1.165, 1.54) is 12.8 Å². The number of nitriles is 1. The maximum atomic E-state index is 8.81. The first kappa shape index (κ1) is 11.8. The summed E-state index contributed by atoms with van der Waals surface area (Å²) in [6.07, 6.45) is 4.91. The number of hydrogen-bond acceptors (Lipinski definition) is 3. The molecule has 0 radical (unpaired) electrons. The van der Waals surface area contributed by atoms with Crippen LogP contribution in [0, 0.1) is 11.3 Å². The summed E-state index contributed by atoms with van der Waals surface area (Å²) in [5, 5.41) is 16.6. The maximum absolute atomic E-state index is 8.81. The fourth-order valence-electron chi connectivity index (χ4n) is 3.10. The lowest BCUT2D eigenvalue weighted by Crippen LogP contribution is -2.43. The van der Waals surface area contributed by atoms with E-state index in [4.69, 9.17) is 16.9 Å². The Labute approximate surface area is 112 Å². The fraction of sp³-hybridized carbons (Fsp3) is 0.500. The zero-order chi connectivity index (χ0) is 12.5. The molecule has 0 amide bonds. The van der Waals surface area contributed by atoms with Gasteiger partial charge in [0.15, 0.2) is 0 Å². The minimum atomic E-state index is 0.495. The molecule has 2 aliphatic rings. The van der Waals surface area contributed by atoms with Crippen LogP contribution in [0.5, 0.6) is 0 Å². The molecule has 0 spiro atoms. The standard InChI is InChI=1S/C14H16ClN3/c15-13-5-9(8-16)1-4-14(13)18-12-6-10-2-3-11(7-12)17-10/h1,4-5,10-12,17-18H,2-3,6-7H2. The molecule has 1 aromatic carbocycles. The van der Waals surface area contributed by atoms with Gasteiger partial charge in [-0.15, -0.1) is 0 Å². The average molecular weight is 262 g/mol. The molecular weight excluding hydrogens is 246 g/mol. The summed E-state index contributed by atoms with van der Waals surface area (Å²) >= 11 is 6.19. The molecule has 2 heterocycles. The van der Waals surface area contributed by atoms with Gasteiger partial charge < -0.3 is 10.6 Å². The summed E-state index contributed by atoms with van der Waals surface area (Å²) in [7, 11) is 0. The molecule has 0 saturated carbocycles. The summed E-state index contributed by atoms with van der Waals surface area (Å²) in [5.74, 6) is 0. The normalized spacial score (nSPS) is 29.9. The number of hydrogen-bond donors (Lipinski definition) is 2. The number of rotatable bonds is 2. The molecule has 3 rings (SSSR count). The minimum absolute atomic E-state index is 0.495. The monoisotopic (exact) mass is 261 g/mol. The number of halogens is 1.